The van der Waals surface area contributed by atoms with Crippen LogP contribution in [0.4, 0.5) is 0 Å². The van der Waals surface area contributed by atoms with Crippen LogP contribution in [-0.2, 0) is 10.3 Å². The number of benzene rings is 2. The number of aryl methyl sites for hydroxylation is 3. The van der Waals surface area contributed by atoms with Gasteiger partial charge in [-0.3, -0.25) is 0 Å². The molecule has 0 fully saturated rings. The van der Waals surface area contributed by atoms with Gasteiger partial charge in [-0.05, 0) is 107 Å². The van der Waals surface area contributed by atoms with Crippen LogP contribution in [0.25, 0.3) is 16.8 Å². The van der Waals surface area contributed by atoms with Crippen molar-refractivity contribution in [2.75, 3.05) is 7.11 Å². The van der Waals surface area contributed by atoms with Gasteiger partial charge in [0.25, 0.3) is 0 Å². The van der Waals surface area contributed by atoms with Gasteiger partial charge >= 0.3 is 0 Å². The van der Waals surface area contributed by atoms with Gasteiger partial charge in [-0.1, -0.05) is 6.08 Å². The van der Waals surface area contributed by atoms with Gasteiger partial charge < -0.3 is 9.47 Å². The van der Waals surface area contributed by atoms with Crippen molar-refractivity contribution < 1.29 is 9.47 Å². The molecule has 1 heterocycles. The smallest absolute Gasteiger partial charge is 0.136 e. The Morgan fingerprint density at radius 1 is 0.846 bits per heavy atom. The van der Waals surface area contributed by atoms with Gasteiger partial charge in [0.2, 0.25) is 0 Å². The lowest BCUT2D eigenvalue weighted by molar-refractivity contribution is 0.0181. The van der Waals surface area contributed by atoms with E-state index in [0.29, 0.717) is 0 Å². The summed E-state index contributed by atoms with van der Waals surface area (Å²) in [5.74, 6) is 1.00. The predicted molar refractivity (Wildman–Crippen MR) is 111 cm³/mol. The molecular formula is C24H32O2. The molecule has 0 aromatic heterocycles. The normalized spacial score (nSPS) is 15.9. The Morgan fingerprint density at radius 3 is 1.92 bits per heavy atom. The Hall–Kier alpha value is -1.80. The van der Waals surface area contributed by atoms with Gasteiger partial charge in [-0.15, -0.1) is 0 Å². The Labute approximate surface area is 158 Å². The molecule has 1 aliphatic rings. The Bertz CT molecular complexity index is 943. The Balaban J connectivity index is 2.63. The first-order chi connectivity index (χ1) is 11.9. The third kappa shape index (κ3) is 2.58. The maximum atomic E-state index is 6.56. The summed E-state index contributed by atoms with van der Waals surface area (Å²) in [5.41, 5.74) is 8.34. The zero-order valence-electron chi connectivity index (χ0n) is 18.0. The minimum Gasteiger partial charge on any atom is -0.482 e. The van der Waals surface area contributed by atoms with Crippen molar-refractivity contribution in [3.63, 3.8) is 0 Å². The molecular weight excluding hydrogens is 320 g/mol. The zero-order valence-corrected chi connectivity index (χ0v) is 18.0. The molecule has 3 rings (SSSR count). The third-order valence-corrected chi connectivity index (χ3v) is 6.31. The minimum atomic E-state index is -0.392. The number of rotatable bonds is 2. The maximum absolute atomic E-state index is 6.56. The number of fused-ring (bicyclic) bond motifs is 3. The second-order valence-corrected chi connectivity index (χ2v) is 8.75. The van der Waals surface area contributed by atoms with Crippen LogP contribution in [0.5, 0.6) is 5.75 Å². The lowest BCUT2D eigenvalue weighted by Crippen LogP contribution is -2.30. The largest absolute Gasteiger partial charge is 0.482 e. The molecule has 0 bridgehead atoms. The van der Waals surface area contributed by atoms with Crippen LogP contribution in [0, 0.1) is 34.6 Å². The summed E-state index contributed by atoms with van der Waals surface area (Å²) < 4.78 is 12.5. The van der Waals surface area contributed by atoms with Crippen LogP contribution >= 0.6 is 0 Å². The monoisotopic (exact) mass is 352 g/mol. The van der Waals surface area contributed by atoms with Crippen LogP contribution in [-0.4, -0.2) is 12.7 Å². The molecule has 140 valence electrons. The van der Waals surface area contributed by atoms with Crippen LogP contribution in [0.2, 0.25) is 0 Å². The fourth-order valence-electron chi connectivity index (χ4n) is 4.36. The van der Waals surface area contributed by atoms with E-state index < -0.39 is 5.60 Å². The zero-order chi connectivity index (χ0) is 19.6. The van der Waals surface area contributed by atoms with Crippen LogP contribution in [0.3, 0.4) is 0 Å². The van der Waals surface area contributed by atoms with Crippen molar-refractivity contribution in [2.24, 2.45) is 0 Å². The second kappa shape index (κ2) is 5.85. The topological polar surface area (TPSA) is 18.5 Å². The van der Waals surface area contributed by atoms with Gasteiger partial charge in [-0.2, -0.15) is 0 Å². The van der Waals surface area contributed by atoms with E-state index in [4.69, 9.17) is 9.47 Å². The van der Waals surface area contributed by atoms with Crippen molar-refractivity contribution in [1.82, 2.24) is 0 Å². The molecule has 2 aromatic carbocycles. The lowest BCUT2D eigenvalue weighted by atomic mass is 9.79. The molecule has 0 amide bonds. The molecule has 0 atom stereocenters. The molecule has 0 saturated heterocycles. The van der Waals surface area contributed by atoms with E-state index in [9.17, 15) is 0 Å². The molecule has 0 spiro atoms. The van der Waals surface area contributed by atoms with E-state index in [2.05, 4.69) is 74.5 Å². The highest BCUT2D eigenvalue weighted by Gasteiger charge is 2.34. The molecule has 0 unspecified atom stereocenters. The first kappa shape index (κ1) is 19.0. The average Bonchev–Trinajstić information content (AvgIpc) is 2.56. The lowest BCUT2D eigenvalue weighted by Gasteiger charge is -2.36. The fourth-order valence-corrected chi connectivity index (χ4v) is 4.36. The SMILES string of the molecule is COC(C)(C)c1c2c(c3c(C)c(C)c(C)c(C)c3c1C)OC(C)(C)C=C2. The summed E-state index contributed by atoms with van der Waals surface area (Å²) in [6, 6.07) is 0. The van der Waals surface area contributed by atoms with Crippen molar-refractivity contribution >= 4 is 16.8 Å². The highest BCUT2D eigenvalue weighted by atomic mass is 16.5. The molecule has 26 heavy (non-hydrogen) atoms. The quantitative estimate of drug-likeness (QED) is 0.618. The van der Waals surface area contributed by atoms with E-state index in [1.165, 1.54) is 44.2 Å². The standard InChI is InChI=1S/C24H32O2/c1-13-14(2)16(4)20-19(15(13)3)17(5)21(24(8,9)25-10)18-11-12-23(6,7)26-22(18)20/h11-12H,1-10H3. The Kier molecular flexibility index (Phi) is 4.27. The number of hydrogen-bond donors (Lipinski definition) is 0. The van der Waals surface area contributed by atoms with Crippen molar-refractivity contribution in [2.45, 2.75) is 73.5 Å². The fraction of sp³-hybridized carbons (Fsp3) is 0.500. The minimum absolute atomic E-state index is 0.317. The van der Waals surface area contributed by atoms with Gasteiger partial charge in [0.05, 0.1) is 5.60 Å². The van der Waals surface area contributed by atoms with Crippen molar-refractivity contribution in [3.8, 4) is 5.75 Å². The second-order valence-electron chi connectivity index (χ2n) is 8.75. The van der Waals surface area contributed by atoms with Gasteiger partial charge in [-0.25, -0.2) is 0 Å². The molecule has 1 aliphatic heterocycles. The van der Waals surface area contributed by atoms with Gasteiger partial charge in [0.15, 0.2) is 0 Å². The van der Waals surface area contributed by atoms with Crippen LogP contribution in [0.1, 0.15) is 66.6 Å². The highest BCUT2D eigenvalue weighted by molar-refractivity contribution is 6.02. The first-order valence-corrected chi connectivity index (χ1v) is 9.43. The Morgan fingerprint density at radius 2 is 1.38 bits per heavy atom. The van der Waals surface area contributed by atoms with E-state index in [-0.39, 0.29) is 5.60 Å². The highest BCUT2D eigenvalue weighted by Crippen LogP contribution is 2.48. The molecule has 0 saturated carbocycles. The van der Waals surface area contributed by atoms with Gasteiger partial charge in [0, 0.05) is 18.1 Å². The summed E-state index contributed by atoms with van der Waals surface area (Å²) in [6.45, 7) is 19.6. The molecule has 2 nitrogen and oxygen atoms in total. The predicted octanol–water partition coefficient (Wildman–Crippen LogP) is 6.45. The molecule has 0 radical (unpaired) electrons. The van der Waals surface area contributed by atoms with Gasteiger partial charge in [0.1, 0.15) is 11.4 Å². The molecule has 2 aromatic rings. The van der Waals surface area contributed by atoms with E-state index in [1.54, 1.807) is 7.11 Å². The summed E-state index contributed by atoms with van der Waals surface area (Å²) in [5, 5.41) is 2.57. The van der Waals surface area contributed by atoms with E-state index in [0.717, 1.165) is 11.3 Å². The number of ether oxygens (including phenoxy) is 2. The molecule has 0 aliphatic carbocycles. The van der Waals surface area contributed by atoms with Crippen molar-refractivity contribution in [1.29, 1.82) is 0 Å². The summed E-state index contributed by atoms with van der Waals surface area (Å²) in [4.78, 5) is 0. The molecule has 0 N–H and O–H groups in total. The average molecular weight is 353 g/mol. The number of hydrogen-bond acceptors (Lipinski definition) is 2. The summed E-state index contributed by atoms with van der Waals surface area (Å²) in [7, 11) is 1.78. The summed E-state index contributed by atoms with van der Waals surface area (Å²) in [6.07, 6.45) is 4.38. The van der Waals surface area contributed by atoms with E-state index >= 15 is 0 Å². The maximum Gasteiger partial charge on any atom is 0.136 e. The number of methoxy groups -OCH3 is 1. The molecule has 2 heteroatoms. The van der Waals surface area contributed by atoms with Crippen molar-refractivity contribution in [3.05, 3.63) is 45.0 Å². The van der Waals surface area contributed by atoms with E-state index in [1.807, 2.05) is 0 Å². The van der Waals surface area contributed by atoms with Crippen LogP contribution < -0.4 is 4.74 Å². The van der Waals surface area contributed by atoms with Crippen LogP contribution in [0.15, 0.2) is 6.08 Å². The third-order valence-electron chi connectivity index (χ3n) is 6.31. The summed E-state index contributed by atoms with van der Waals surface area (Å²) >= 11 is 0. The first-order valence-electron chi connectivity index (χ1n) is 9.43.